The highest BCUT2D eigenvalue weighted by Crippen LogP contribution is 2.31. The van der Waals surface area contributed by atoms with Crippen LogP contribution in [-0.4, -0.2) is 10.9 Å². The van der Waals surface area contributed by atoms with Gasteiger partial charge in [-0.3, -0.25) is 4.79 Å². The molecule has 1 N–H and O–H groups in total. The standard InChI is InChI=1S/C13H7Cl2F3N2O/c14-10-5-11(15)19-6-9(10)12(21)20-8-3-1-2-7(4-8)13(16,17)18/h1-6H,(H,20,21). The van der Waals surface area contributed by atoms with Gasteiger partial charge >= 0.3 is 6.18 Å². The summed E-state index contributed by atoms with van der Waals surface area (Å²) in [7, 11) is 0. The molecule has 0 aliphatic carbocycles. The first-order valence-corrected chi connectivity index (χ1v) is 6.32. The summed E-state index contributed by atoms with van der Waals surface area (Å²) in [6.45, 7) is 0. The van der Waals surface area contributed by atoms with Crippen LogP contribution in [-0.2, 0) is 6.18 Å². The van der Waals surface area contributed by atoms with Gasteiger partial charge in [-0.05, 0) is 24.3 Å². The van der Waals surface area contributed by atoms with Crippen LogP contribution in [0.2, 0.25) is 10.2 Å². The molecule has 21 heavy (non-hydrogen) atoms. The van der Waals surface area contributed by atoms with Crippen molar-refractivity contribution >= 4 is 34.8 Å². The third-order valence-electron chi connectivity index (χ3n) is 2.51. The van der Waals surface area contributed by atoms with Crippen molar-refractivity contribution < 1.29 is 18.0 Å². The van der Waals surface area contributed by atoms with Crippen LogP contribution in [0.4, 0.5) is 18.9 Å². The molecular formula is C13H7Cl2F3N2O. The second-order valence-corrected chi connectivity index (χ2v) is 4.81. The summed E-state index contributed by atoms with van der Waals surface area (Å²) in [6, 6.07) is 5.54. The first-order valence-electron chi connectivity index (χ1n) is 5.57. The molecule has 2 rings (SSSR count). The van der Waals surface area contributed by atoms with Gasteiger partial charge in [-0.1, -0.05) is 29.3 Å². The van der Waals surface area contributed by atoms with Gasteiger partial charge in [0.05, 0.1) is 16.1 Å². The molecule has 0 spiro atoms. The molecule has 1 aromatic carbocycles. The van der Waals surface area contributed by atoms with E-state index in [1.54, 1.807) is 0 Å². The maximum absolute atomic E-state index is 12.6. The number of pyridine rings is 1. The number of rotatable bonds is 2. The van der Waals surface area contributed by atoms with Crippen molar-refractivity contribution in [2.45, 2.75) is 6.18 Å². The third kappa shape index (κ3) is 3.86. The molecule has 2 aromatic rings. The monoisotopic (exact) mass is 334 g/mol. The Hall–Kier alpha value is -1.79. The number of halogens is 5. The van der Waals surface area contributed by atoms with Crippen molar-refractivity contribution in [1.29, 1.82) is 0 Å². The minimum absolute atomic E-state index is 0.000779. The van der Waals surface area contributed by atoms with Crippen LogP contribution in [0.1, 0.15) is 15.9 Å². The fourth-order valence-corrected chi connectivity index (χ4v) is 2.00. The number of alkyl halides is 3. The van der Waals surface area contributed by atoms with Gasteiger partial charge in [-0.15, -0.1) is 0 Å². The van der Waals surface area contributed by atoms with Crippen molar-refractivity contribution in [2.75, 3.05) is 5.32 Å². The number of carbonyl (C=O) groups excluding carboxylic acids is 1. The molecular weight excluding hydrogens is 328 g/mol. The topological polar surface area (TPSA) is 42.0 Å². The molecule has 1 amide bonds. The van der Waals surface area contributed by atoms with Crippen molar-refractivity contribution in [3.8, 4) is 0 Å². The van der Waals surface area contributed by atoms with Crippen LogP contribution in [0.3, 0.4) is 0 Å². The van der Waals surface area contributed by atoms with Gasteiger partial charge in [-0.2, -0.15) is 13.2 Å². The highest BCUT2D eigenvalue weighted by Gasteiger charge is 2.30. The van der Waals surface area contributed by atoms with Gasteiger partial charge in [0.15, 0.2) is 0 Å². The summed E-state index contributed by atoms with van der Waals surface area (Å²) in [5.74, 6) is -0.677. The first kappa shape index (κ1) is 15.6. The SMILES string of the molecule is O=C(Nc1cccc(C(F)(F)F)c1)c1cnc(Cl)cc1Cl. The summed E-state index contributed by atoms with van der Waals surface area (Å²) in [5, 5.41) is 2.49. The molecule has 0 aliphatic rings. The van der Waals surface area contributed by atoms with E-state index in [1.807, 2.05) is 0 Å². The maximum Gasteiger partial charge on any atom is 0.416 e. The number of aromatic nitrogens is 1. The van der Waals surface area contributed by atoms with Crippen molar-refractivity contribution in [3.63, 3.8) is 0 Å². The molecule has 0 unspecified atom stereocenters. The predicted molar refractivity (Wildman–Crippen MR) is 73.7 cm³/mol. The van der Waals surface area contributed by atoms with Crippen LogP contribution >= 0.6 is 23.2 Å². The number of benzene rings is 1. The fraction of sp³-hybridized carbons (Fsp3) is 0.0769. The van der Waals surface area contributed by atoms with Crippen LogP contribution < -0.4 is 5.32 Å². The van der Waals surface area contributed by atoms with Gasteiger partial charge in [0.25, 0.3) is 5.91 Å². The highest BCUT2D eigenvalue weighted by atomic mass is 35.5. The van der Waals surface area contributed by atoms with Crippen molar-refractivity contribution in [1.82, 2.24) is 4.98 Å². The molecule has 0 aliphatic heterocycles. The van der Waals surface area contributed by atoms with Crippen LogP contribution in [0.15, 0.2) is 36.5 Å². The lowest BCUT2D eigenvalue weighted by Gasteiger charge is -2.10. The Labute approximate surface area is 127 Å². The summed E-state index contributed by atoms with van der Waals surface area (Å²) in [6.07, 6.45) is -3.34. The Morgan fingerprint density at radius 2 is 1.90 bits per heavy atom. The zero-order valence-electron chi connectivity index (χ0n) is 10.2. The molecule has 0 fully saturated rings. The first-order chi connectivity index (χ1) is 9.77. The van der Waals surface area contributed by atoms with Gasteiger partial charge < -0.3 is 5.32 Å². The number of amides is 1. The van der Waals surface area contributed by atoms with Gasteiger partial charge in [0.1, 0.15) is 5.15 Å². The summed E-state index contributed by atoms with van der Waals surface area (Å²) in [5.41, 5.74) is -0.847. The zero-order chi connectivity index (χ0) is 15.6. The average Bonchev–Trinajstić information content (AvgIpc) is 2.37. The predicted octanol–water partition coefficient (Wildman–Crippen LogP) is 4.66. The third-order valence-corrected chi connectivity index (χ3v) is 3.03. The van der Waals surface area contributed by atoms with E-state index in [2.05, 4.69) is 10.3 Å². The summed E-state index contributed by atoms with van der Waals surface area (Å²) in [4.78, 5) is 15.6. The lowest BCUT2D eigenvalue weighted by atomic mass is 10.2. The minimum atomic E-state index is -4.49. The average molecular weight is 335 g/mol. The molecule has 0 radical (unpaired) electrons. The molecule has 1 heterocycles. The van der Waals surface area contributed by atoms with E-state index < -0.39 is 17.6 Å². The van der Waals surface area contributed by atoms with E-state index >= 15 is 0 Å². The Morgan fingerprint density at radius 3 is 2.52 bits per heavy atom. The Balaban J connectivity index is 2.24. The molecule has 8 heteroatoms. The van der Waals surface area contributed by atoms with E-state index in [4.69, 9.17) is 23.2 Å². The molecule has 3 nitrogen and oxygen atoms in total. The van der Waals surface area contributed by atoms with Crippen molar-refractivity contribution in [3.05, 3.63) is 57.8 Å². The molecule has 0 saturated heterocycles. The van der Waals surface area contributed by atoms with Gasteiger partial charge in [0.2, 0.25) is 0 Å². The molecule has 0 bridgehead atoms. The Kier molecular flexibility index (Phi) is 4.39. The van der Waals surface area contributed by atoms with Gasteiger partial charge in [-0.25, -0.2) is 4.98 Å². The number of carbonyl (C=O) groups is 1. The van der Waals surface area contributed by atoms with Crippen LogP contribution in [0.5, 0.6) is 0 Å². The van der Waals surface area contributed by atoms with E-state index in [1.165, 1.54) is 18.2 Å². The molecule has 0 atom stereocenters. The second kappa shape index (κ2) is 5.91. The van der Waals surface area contributed by atoms with Gasteiger partial charge in [0, 0.05) is 11.9 Å². The molecule has 110 valence electrons. The zero-order valence-corrected chi connectivity index (χ0v) is 11.7. The van der Waals surface area contributed by atoms with E-state index in [9.17, 15) is 18.0 Å². The van der Waals surface area contributed by atoms with Crippen molar-refractivity contribution in [2.24, 2.45) is 0 Å². The van der Waals surface area contributed by atoms with E-state index in [-0.39, 0.29) is 21.4 Å². The Morgan fingerprint density at radius 1 is 1.19 bits per heavy atom. The largest absolute Gasteiger partial charge is 0.416 e. The number of nitrogens with one attached hydrogen (secondary N) is 1. The smallest absolute Gasteiger partial charge is 0.322 e. The Bertz CT molecular complexity index is 689. The summed E-state index contributed by atoms with van der Waals surface area (Å²) >= 11 is 11.4. The van der Waals surface area contributed by atoms with Crippen LogP contribution in [0.25, 0.3) is 0 Å². The number of hydrogen-bond acceptors (Lipinski definition) is 2. The lowest BCUT2D eigenvalue weighted by molar-refractivity contribution is -0.137. The highest BCUT2D eigenvalue weighted by molar-refractivity contribution is 6.36. The molecule has 1 aromatic heterocycles. The number of hydrogen-bond donors (Lipinski definition) is 1. The van der Waals surface area contributed by atoms with E-state index in [0.717, 1.165) is 18.3 Å². The normalized spacial score (nSPS) is 11.3. The van der Waals surface area contributed by atoms with E-state index in [0.29, 0.717) is 0 Å². The molecule has 0 saturated carbocycles. The fourth-order valence-electron chi connectivity index (χ4n) is 1.55. The number of nitrogens with zero attached hydrogens (tertiary/aromatic N) is 1. The van der Waals surface area contributed by atoms with Crippen LogP contribution in [0, 0.1) is 0 Å². The lowest BCUT2D eigenvalue weighted by Crippen LogP contribution is -2.14. The minimum Gasteiger partial charge on any atom is -0.322 e. The number of anilines is 1. The quantitative estimate of drug-likeness (QED) is 0.811. The second-order valence-electron chi connectivity index (χ2n) is 4.02. The maximum atomic E-state index is 12.6. The summed E-state index contributed by atoms with van der Waals surface area (Å²) < 4.78 is 37.7.